The van der Waals surface area contributed by atoms with Gasteiger partial charge in [-0.2, -0.15) is 0 Å². The van der Waals surface area contributed by atoms with Crippen LogP contribution in [0.4, 0.5) is 5.69 Å². The zero-order valence-electron chi connectivity index (χ0n) is 12.5. The van der Waals surface area contributed by atoms with Gasteiger partial charge in [0.2, 0.25) is 0 Å². The van der Waals surface area contributed by atoms with Crippen molar-refractivity contribution >= 4 is 17.6 Å². The van der Waals surface area contributed by atoms with E-state index in [2.05, 4.69) is 4.90 Å². The van der Waals surface area contributed by atoms with Crippen molar-refractivity contribution in [2.45, 2.75) is 13.5 Å². The molecule has 0 atom stereocenters. The smallest absolute Gasteiger partial charge is 0.355 e. The molecule has 7 nitrogen and oxygen atoms in total. The molecular formula is C14H22N4O3. The molecule has 0 unspecified atom stereocenters. The maximum Gasteiger partial charge on any atom is 0.355 e. The third-order valence-corrected chi connectivity index (χ3v) is 3.65. The third kappa shape index (κ3) is 3.75. The largest absolute Gasteiger partial charge is 0.451 e. The van der Waals surface area contributed by atoms with Crippen LogP contribution in [0.3, 0.4) is 0 Å². The van der Waals surface area contributed by atoms with Crippen LogP contribution < -0.4 is 5.73 Å². The number of hydrogen-bond acceptors (Lipinski definition) is 5. The van der Waals surface area contributed by atoms with Crippen LogP contribution in [0.1, 0.15) is 17.4 Å². The minimum absolute atomic E-state index is 0.154. The Hall–Kier alpha value is -2.02. The maximum atomic E-state index is 12.0. The average Bonchev–Trinajstić information content (AvgIpc) is 2.86. The van der Waals surface area contributed by atoms with E-state index in [1.165, 1.54) is 0 Å². The first-order valence-corrected chi connectivity index (χ1v) is 7.10. The Morgan fingerprint density at radius 1 is 1.29 bits per heavy atom. The quantitative estimate of drug-likeness (QED) is 0.792. The highest BCUT2D eigenvalue weighted by atomic mass is 16.5. The number of aromatic nitrogens is 1. The second kappa shape index (κ2) is 6.62. The number of carbonyl (C=O) groups is 2. The SMILES string of the molecule is CCn1cc(N)cc1C(=O)OCC(=O)N1CCN(C)CC1. The first-order valence-electron chi connectivity index (χ1n) is 7.10. The lowest BCUT2D eigenvalue weighted by molar-refractivity contribution is -0.136. The molecule has 116 valence electrons. The Morgan fingerprint density at radius 2 is 1.95 bits per heavy atom. The van der Waals surface area contributed by atoms with Crippen LogP contribution in [0, 0.1) is 0 Å². The summed E-state index contributed by atoms with van der Waals surface area (Å²) in [4.78, 5) is 27.9. The molecule has 0 saturated carbocycles. The number of aryl methyl sites for hydroxylation is 1. The normalized spacial score (nSPS) is 16.0. The maximum absolute atomic E-state index is 12.0. The predicted octanol–water partition coefficient (Wildman–Crippen LogP) is 0.0210. The topological polar surface area (TPSA) is 80.8 Å². The molecule has 1 aromatic rings. The fourth-order valence-corrected chi connectivity index (χ4v) is 2.31. The van der Waals surface area contributed by atoms with Gasteiger partial charge >= 0.3 is 5.97 Å². The summed E-state index contributed by atoms with van der Waals surface area (Å²) in [5.41, 5.74) is 6.55. The molecule has 0 aliphatic carbocycles. The van der Waals surface area contributed by atoms with Gasteiger partial charge in [0.25, 0.3) is 5.91 Å². The van der Waals surface area contributed by atoms with Crippen molar-refractivity contribution in [3.63, 3.8) is 0 Å². The summed E-state index contributed by atoms with van der Waals surface area (Å²) >= 11 is 0. The molecule has 1 amide bonds. The van der Waals surface area contributed by atoms with Gasteiger partial charge in [0.15, 0.2) is 6.61 Å². The van der Waals surface area contributed by atoms with Gasteiger partial charge in [-0.1, -0.05) is 0 Å². The van der Waals surface area contributed by atoms with Gasteiger partial charge < -0.3 is 24.8 Å². The van der Waals surface area contributed by atoms with E-state index < -0.39 is 5.97 Å². The Morgan fingerprint density at radius 3 is 2.57 bits per heavy atom. The first-order chi connectivity index (χ1) is 10.0. The van der Waals surface area contributed by atoms with E-state index in [-0.39, 0.29) is 12.5 Å². The zero-order chi connectivity index (χ0) is 15.4. The Kier molecular flexibility index (Phi) is 4.85. The Labute approximate surface area is 124 Å². The average molecular weight is 294 g/mol. The summed E-state index contributed by atoms with van der Waals surface area (Å²) < 4.78 is 6.81. The fourth-order valence-electron chi connectivity index (χ4n) is 2.31. The van der Waals surface area contributed by atoms with Crippen molar-refractivity contribution < 1.29 is 14.3 Å². The number of piperazine rings is 1. The molecule has 2 heterocycles. The van der Waals surface area contributed by atoms with E-state index in [0.29, 0.717) is 31.0 Å². The zero-order valence-corrected chi connectivity index (χ0v) is 12.5. The molecule has 2 N–H and O–H groups in total. The molecule has 0 spiro atoms. The van der Waals surface area contributed by atoms with Crippen LogP contribution in [0.2, 0.25) is 0 Å². The van der Waals surface area contributed by atoms with Gasteiger partial charge in [0, 0.05) is 38.9 Å². The first kappa shape index (κ1) is 15.4. The lowest BCUT2D eigenvalue weighted by Crippen LogP contribution is -2.48. The van der Waals surface area contributed by atoms with Gasteiger partial charge in [0.1, 0.15) is 5.69 Å². The molecule has 0 bridgehead atoms. The summed E-state index contributed by atoms with van der Waals surface area (Å²) in [7, 11) is 2.02. The lowest BCUT2D eigenvalue weighted by Gasteiger charge is -2.32. The lowest BCUT2D eigenvalue weighted by atomic mass is 10.3. The van der Waals surface area contributed by atoms with Gasteiger partial charge in [-0.05, 0) is 20.0 Å². The molecule has 1 aromatic heterocycles. The molecule has 0 radical (unpaired) electrons. The number of esters is 1. The van der Waals surface area contributed by atoms with Crippen molar-refractivity contribution in [3.05, 3.63) is 18.0 Å². The third-order valence-electron chi connectivity index (χ3n) is 3.65. The minimum atomic E-state index is -0.518. The summed E-state index contributed by atoms with van der Waals surface area (Å²) in [6, 6.07) is 1.56. The number of likely N-dealkylation sites (N-methyl/N-ethyl adjacent to an activating group) is 1. The number of hydrogen-bond donors (Lipinski definition) is 1. The van der Waals surface area contributed by atoms with E-state index in [4.69, 9.17) is 10.5 Å². The van der Waals surface area contributed by atoms with Crippen molar-refractivity contribution in [1.82, 2.24) is 14.4 Å². The molecule has 21 heavy (non-hydrogen) atoms. The van der Waals surface area contributed by atoms with Crippen LogP contribution in [-0.4, -0.2) is 66.1 Å². The van der Waals surface area contributed by atoms with E-state index in [1.807, 2.05) is 14.0 Å². The number of amides is 1. The van der Waals surface area contributed by atoms with E-state index in [1.54, 1.807) is 21.7 Å². The number of rotatable bonds is 4. The summed E-state index contributed by atoms with van der Waals surface area (Å²) in [5.74, 6) is -0.671. The van der Waals surface area contributed by atoms with Gasteiger partial charge in [-0.25, -0.2) is 4.79 Å². The molecule has 1 aliphatic rings. The summed E-state index contributed by atoms with van der Waals surface area (Å²) in [6.45, 7) is 5.33. The summed E-state index contributed by atoms with van der Waals surface area (Å²) in [6.07, 6.45) is 1.68. The van der Waals surface area contributed by atoms with Gasteiger partial charge in [0.05, 0.1) is 5.69 Å². The van der Waals surface area contributed by atoms with Gasteiger partial charge in [-0.15, -0.1) is 0 Å². The highest BCUT2D eigenvalue weighted by Gasteiger charge is 2.21. The van der Waals surface area contributed by atoms with Crippen LogP contribution >= 0.6 is 0 Å². The molecule has 1 aliphatic heterocycles. The van der Waals surface area contributed by atoms with Crippen molar-refractivity contribution in [2.24, 2.45) is 0 Å². The number of nitrogens with zero attached hydrogens (tertiary/aromatic N) is 3. The molecule has 7 heteroatoms. The Balaban J connectivity index is 1.87. The second-order valence-corrected chi connectivity index (χ2v) is 5.20. The predicted molar refractivity (Wildman–Crippen MR) is 78.9 cm³/mol. The van der Waals surface area contributed by atoms with Crippen LogP contribution in [0.25, 0.3) is 0 Å². The standard InChI is InChI=1S/C14H22N4O3/c1-3-17-9-11(15)8-12(17)14(20)21-10-13(19)18-6-4-16(2)5-7-18/h8-9H,3-7,10,15H2,1-2H3. The van der Waals surface area contributed by atoms with Crippen molar-refractivity contribution in [2.75, 3.05) is 45.6 Å². The van der Waals surface area contributed by atoms with Gasteiger partial charge in [-0.3, -0.25) is 4.79 Å². The second-order valence-electron chi connectivity index (χ2n) is 5.20. The molecule has 1 fully saturated rings. The molecular weight excluding hydrogens is 272 g/mol. The van der Waals surface area contributed by atoms with E-state index in [9.17, 15) is 9.59 Å². The van der Waals surface area contributed by atoms with Crippen molar-refractivity contribution in [3.8, 4) is 0 Å². The highest BCUT2D eigenvalue weighted by molar-refractivity contribution is 5.91. The number of ether oxygens (including phenoxy) is 1. The molecule has 2 rings (SSSR count). The number of nitrogens with two attached hydrogens (primary N) is 1. The van der Waals surface area contributed by atoms with Crippen LogP contribution in [0.15, 0.2) is 12.3 Å². The van der Waals surface area contributed by atoms with E-state index in [0.717, 1.165) is 13.1 Å². The number of carbonyl (C=O) groups excluding carboxylic acids is 2. The molecule has 0 aromatic carbocycles. The number of anilines is 1. The molecule has 1 saturated heterocycles. The van der Waals surface area contributed by atoms with Crippen LogP contribution in [-0.2, 0) is 16.1 Å². The summed E-state index contributed by atoms with van der Waals surface area (Å²) in [5, 5.41) is 0. The van der Waals surface area contributed by atoms with Crippen molar-refractivity contribution in [1.29, 1.82) is 0 Å². The monoisotopic (exact) mass is 294 g/mol. The highest BCUT2D eigenvalue weighted by Crippen LogP contribution is 2.12. The Bertz CT molecular complexity index is 518. The van der Waals surface area contributed by atoms with Crippen LogP contribution in [0.5, 0.6) is 0 Å². The number of nitrogen functional groups attached to an aromatic ring is 1. The van der Waals surface area contributed by atoms with E-state index >= 15 is 0 Å². The minimum Gasteiger partial charge on any atom is -0.451 e. The fraction of sp³-hybridized carbons (Fsp3) is 0.571.